The molecule has 21 heavy (non-hydrogen) atoms. The minimum Gasteiger partial charge on any atom is -0.383 e. The quantitative estimate of drug-likeness (QED) is 0.752. The van der Waals surface area contributed by atoms with E-state index in [1.54, 1.807) is 0 Å². The first-order chi connectivity index (χ1) is 9.75. The maximum atomic E-state index is 12.7. The lowest BCUT2D eigenvalue weighted by Gasteiger charge is -2.12. The van der Waals surface area contributed by atoms with Gasteiger partial charge < -0.3 is 10.1 Å². The second-order valence-corrected chi connectivity index (χ2v) is 5.76. The summed E-state index contributed by atoms with van der Waals surface area (Å²) in [6.07, 6.45) is -4.06. The molecule has 3 nitrogen and oxygen atoms in total. The monoisotopic (exact) mass is 387 g/mol. The molecule has 1 amide bonds. The van der Waals surface area contributed by atoms with Crippen molar-refractivity contribution < 1.29 is 22.7 Å². The Hall–Kier alpha value is -0.790. The third kappa shape index (κ3) is 5.84. The highest BCUT2D eigenvalue weighted by atomic mass is 79.9. The second-order valence-electron chi connectivity index (χ2n) is 4.29. The number of benzene rings is 1. The van der Waals surface area contributed by atoms with Gasteiger partial charge in [-0.1, -0.05) is 15.9 Å². The number of rotatable bonds is 6. The summed E-state index contributed by atoms with van der Waals surface area (Å²) in [6, 6.07) is 3.34. The smallest absolute Gasteiger partial charge is 0.383 e. The molecule has 0 saturated heterocycles. The predicted octanol–water partition coefficient (Wildman–Crippen LogP) is 3.84. The van der Waals surface area contributed by atoms with Gasteiger partial charge in [-0.15, -0.1) is 11.6 Å². The number of nitrogens with one attached hydrogen (secondary N) is 1. The topological polar surface area (TPSA) is 38.3 Å². The average Bonchev–Trinajstić information content (AvgIpc) is 2.38. The molecule has 0 radical (unpaired) electrons. The van der Waals surface area contributed by atoms with Crippen LogP contribution in [-0.2, 0) is 10.9 Å². The van der Waals surface area contributed by atoms with Crippen molar-refractivity contribution in [1.29, 1.82) is 0 Å². The molecule has 0 bridgehead atoms. The van der Waals surface area contributed by atoms with Crippen molar-refractivity contribution in [1.82, 2.24) is 5.32 Å². The molecular weight excluding hydrogens is 374 g/mol. The summed E-state index contributed by atoms with van der Waals surface area (Å²) in [5.41, 5.74) is -0.937. The Balaban J connectivity index is 2.67. The fourth-order valence-electron chi connectivity index (χ4n) is 1.59. The van der Waals surface area contributed by atoms with Crippen LogP contribution in [-0.4, -0.2) is 31.5 Å². The molecule has 0 saturated carbocycles. The Morgan fingerprint density at radius 3 is 2.71 bits per heavy atom. The van der Waals surface area contributed by atoms with Crippen molar-refractivity contribution in [2.24, 2.45) is 0 Å². The Morgan fingerprint density at radius 2 is 2.14 bits per heavy atom. The summed E-state index contributed by atoms with van der Waals surface area (Å²) in [7, 11) is 1.51. The molecule has 1 aromatic carbocycles. The lowest BCUT2D eigenvalue weighted by molar-refractivity contribution is -0.138. The molecule has 1 rings (SSSR count). The van der Waals surface area contributed by atoms with E-state index in [9.17, 15) is 18.0 Å². The largest absolute Gasteiger partial charge is 0.417 e. The number of hydrogen-bond donors (Lipinski definition) is 1. The van der Waals surface area contributed by atoms with Crippen LogP contribution in [0.1, 0.15) is 22.3 Å². The van der Waals surface area contributed by atoms with E-state index in [0.29, 0.717) is 13.0 Å². The molecule has 0 aromatic heterocycles. The van der Waals surface area contributed by atoms with Gasteiger partial charge in [-0.05, 0) is 24.6 Å². The zero-order valence-electron chi connectivity index (χ0n) is 11.1. The molecule has 8 heteroatoms. The van der Waals surface area contributed by atoms with Gasteiger partial charge in [0.05, 0.1) is 17.5 Å². The molecule has 1 N–H and O–H groups in total. The lowest BCUT2D eigenvalue weighted by Crippen LogP contribution is -2.27. The SMILES string of the molecule is COCC(Cl)CCNC(=O)c1ccc(Br)c(C(F)(F)F)c1. The van der Waals surface area contributed by atoms with Gasteiger partial charge in [0.2, 0.25) is 0 Å². The zero-order valence-corrected chi connectivity index (χ0v) is 13.5. The van der Waals surface area contributed by atoms with E-state index >= 15 is 0 Å². The van der Waals surface area contributed by atoms with Gasteiger partial charge in [0.15, 0.2) is 0 Å². The van der Waals surface area contributed by atoms with Gasteiger partial charge in [-0.25, -0.2) is 0 Å². The fraction of sp³-hybridized carbons (Fsp3) is 0.462. The van der Waals surface area contributed by atoms with Crippen LogP contribution in [0.2, 0.25) is 0 Å². The molecule has 0 spiro atoms. The number of methoxy groups -OCH3 is 1. The molecule has 0 aliphatic carbocycles. The summed E-state index contributed by atoms with van der Waals surface area (Å²) in [5.74, 6) is -0.575. The molecule has 0 aliphatic rings. The first-order valence-corrected chi connectivity index (χ1v) is 7.26. The Labute approximate surface area is 133 Å². The number of carbonyl (C=O) groups excluding carboxylic acids is 1. The molecule has 1 atom stereocenters. The van der Waals surface area contributed by atoms with Gasteiger partial charge in [0.25, 0.3) is 5.91 Å². The average molecular weight is 389 g/mol. The van der Waals surface area contributed by atoms with E-state index in [2.05, 4.69) is 21.2 Å². The zero-order chi connectivity index (χ0) is 16.0. The molecule has 1 unspecified atom stereocenters. The Kier molecular flexibility index (Phi) is 6.96. The molecule has 118 valence electrons. The molecular formula is C13H14BrClF3NO2. The van der Waals surface area contributed by atoms with Crippen LogP contribution >= 0.6 is 27.5 Å². The molecule has 0 aliphatic heterocycles. The maximum Gasteiger partial charge on any atom is 0.417 e. The van der Waals surface area contributed by atoms with E-state index in [4.69, 9.17) is 16.3 Å². The van der Waals surface area contributed by atoms with E-state index in [0.717, 1.165) is 6.07 Å². The van der Waals surface area contributed by atoms with Crippen LogP contribution in [0.5, 0.6) is 0 Å². The Morgan fingerprint density at radius 1 is 1.48 bits per heavy atom. The summed E-state index contributed by atoms with van der Waals surface area (Å²) in [5, 5.41) is 2.27. The maximum absolute atomic E-state index is 12.7. The summed E-state index contributed by atoms with van der Waals surface area (Å²) < 4.78 is 43.0. The molecule has 0 heterocycles. The van der Waals surface area contributed by atoms with E-state index < -0.39 is 17.6 Å². The van der Waals surface area contributed by atoms with E-state index in [1.165, 1.54) is 19.2 Å². The number of alkyl halides is 4. The van der Waals surface area contributed by atoms with Gasteiger partial charge in [0.1, 0.15) is 0 Å². The van der Waals surface area contributed by atoms with Crippen LogP contribution in [0.15, 0.2) is 22.7 Å². The number of ether oxygens (including phenoxy) is 1. The van der Waals surface area contributed by atoms with Crippen LogP contribution in [0.25, 0.3) is 0 Å². The minimum absolute atomic E-state index is 0.0524. The minimum atomic E-state index is -4.52. The molecule has 1 aromatic rings. The number of hydrogen-bond acceptors (Lipinski definition) is 2. The van der Waals surface area contributed by atoms with Crippen molar-refractivity contribution in [3.05, 3.63) is 33.8 Å². The van der Waals surface area contributed by atoms with Gasteiger partial charge in [-0.2, -0.15) is 13.2 Å². The number of halogens is 5. The van der Waals surface area contributed by atoms with Crippen molar-refractivity contribution in [3.63, 3.8) is 0 Å². The van der Waals surface area contributed by atoms with Gasteiger partial charge in [0, 0.05) is 23.7 Å². The van der Waals surface area contributed by atoms with Crippen molar-refractivity contribution >= 4 is 33.4 Å². The van der Waals surface area contributed by atoms with Crippen LogP contribution in [0.4, 0.5) is 13.2 Å². The van der Waals surface area contributed by atoms with E-state index in [-0.39, 0.29) is 22.0 Å². The normalized spacial score (nSPS) is 13.0. The van der Waals surface area contributed by atoms with E-state index in [1.807, 2.05) is 0 Å². The van der Waals surface area contributed by atoms with Crippen molar-refractivity contribution in [3.8, 4) is 0 Å². The fourth-order valence-corrected chi connectivity index (χ4v) is 2.30. The summed E-state index contributed by atoms with van der Waals surface area (Å²) in [4.78, 5) is 11.8. The number of carbonyl (C=O) groups is 1. The summed E-state index contributed by atoms with van der Waals surface area (Å²) in [6.45, 7) is 0.599. The summed E-state index contributed by atoms with van der Waals surface area (Å²) >= 11 is 8.71. The second kappa shape index (κ2) is 8.00. The van der Waals surface area contributed by atoms with Gasteiger partial charge in [-0.3, -0.25) is 4.79 Å². The van der Waals surface area contributed by atoms with Crippen molar-refractivity contribution in [2.45, 2.75) is 18.0 Å². The highest BCUT2D eigenvalue weighted by Crippen LogP contribution is 2.35. The van der Waals surface area contributed by atoms with Crippen LogP contribution in [0.3, 0.4) is 0 Å². The lowest BCUT2D eigenvalue weighted by atomic mass is 10.1. The first-order valence-electron chi connectivity index (χ1n) is 6.03. The predicted molar refractivity (Wildman–Crippen MR) is 77.6 cm³/mol. The van der Waals surface area contributed by atoms with Gasteiger partial charge >= 0.3 is 6.18 Å². The first kappa shape index (κ1) is 18.3. The Bertz CT molecular complexity index is 497. The third-order valence-corrected chi connectivity index (χ3v) is 3.66. The highest BCUT2D eigenvalue weighted by molar-refractivity contribution is 9.10. The standard InChI is InChI=1S/C13H14BrClF3NO2/c1-21-7-9(15)4-5-19-12(20)8-2-3-11(14)10(6-8)13(16,17)18/h2-3,6,9H,4-5,7H2,1H3,(H,19,20). The van der Waals surface area contributed by atoms with Crippen LogP contribution < -0.4 is 5.32 Å². The van der Waals surface area contributed by atoms with Crippen molar-refractivity contribution in [2.75, 3.05) is 20.3 Å². The third-order valence-electron chi connectivity index (χ3n) is 2.62. The number of amides is 1. The molecule has 0 fully saturated rings. The van der Waals surface area contributed by atoms with Crippen LogP contribution in [0, 0.1) is 0 Å². The highest BCUT2D eigenvalue weighted by Gasteiger charge is 2.33.